The number of rotatable bonds is 8. The molecule has 26 heavy (non-hydrogen) atoms. The van der Waals surface area contributed by atoms with Crippen LogP contribution in [-0.2, 0) is 11.2 Å². The Labute approximate surface area is 174 Å². The lowest BCUT2D eigenvalue weighted by Crippen LogP contribution is -2.43. The summed E-state index contributed by atoms with van der Waals surface area (Å²) < 4.78 is 0. The van der Waals surface area contributed by atoms with Crippen molar-refractivity contribution in [3.8, 4) is 0 Å². The lowest BCUT2D eigenvalue weighted by Gasteiger charge is -2.15. The summed E-state index contributed by atoms with van der Waals surface area (Å²) >= 11 is 0. The van der Waals surface area contributed by atoms with Gasteiger partial charge < -0.3 is 16.0 Å². The summed E-state index contributed by atoms with van der Waals surface area (Å²) in [6.07, 6.45) is 9.31. The van der Waals surface area contributed by atoms with Gasteiger partial charge in [-0.3, -0.25) is 9.79 Å². The molecule has 1 aliphatic carbocycles. The number of guanidine groups is 1. The molecule has 0 heterocycles. The normalized spacial score (nSPS) is 14.0. The summed E-state index contributed by atoms with van der Waals surface area (Å²) in [4.78, 5) is 16.1. The number of benzene rings is 1. The van der Waals surface area contributed by atoms with Crippen LogP contribution in [0, 0.1) is 0 Å². The van der Waals surface area contributed by atoms with E-state index in [4.69, 9.17) is 0 Å². The van der Waals surface area contributed by atoms with E-state index in [-0.39, 0.29) is 36.4 Å². The topological polar surface area (TPSA) is 65.5 Å². The summed E-state index contributed by atoms with van der Waals surface area (Å²) in [6.45, 7) is 1.73. The Bertz CT molecular complexity index is 587. The average Bonchev–Trinajstić information content (AvgIpc) is 2.66. The lowest BCUT2D eigenvalue weighted by atomic mass is 9.97. The first-order valence-corrected chi connectivity index (χ1v) is 9.21. The largest absolute Gasteiger partial charge is 0.356 e. The minimum absolute atomic E-state index is 0. The van der Waals surface area contributed by atoms with Gasteiger partial charge in [-0.15, -0.1) is 24.0 Å². The van der Waals surface area contributed by atoms with Crippen molar-refractivity contribution in [3.63, 3.8) is 0 Å². The molecule has 1 aliphatic rings. The Balaban J connectivity index is 0.00000338. The van der Waals surface area contributed by atoms with E-state index in [1.54, 1.807) is 7.05 Å². The summed E-state index contributed by atoms with van der Waals surface area (Å²) in [5.41, 5.74) is 2.76. The monoisotopic (exact) mass is 470 g/mol. The number of hydrogen-bond donors (Lipinski definition) is 3. The van der Waals surface area contributed by atoms with Crippen molar-refractivity contribution in [2.75, 3.05) is 26.7 Å². The molecule has 0 aromatic heterocycles. The molecular formula is C20H31IN4O. The number of hydrogen-bond acceptors (Lipinski definition) is 2. The third-order valence-corrected chi connectivity index (χ3v) is 4.34. The molecule has 144 valence electrons. The van der Waals surface area contributed by atoms with E-state index in [1.165, 1.54) is 36.8 Å². The van der Waals surface area contributed by atoms with Crippen LogP contribution in [-0.4, -0.2) is 38.5 Å². The van der Waals surface area contributed by atoms with Crippen molar-refractivity contribution in [2.45, 2.75) is 38.5 Å². The Kier molecular flexibility index (Phi) is 11.8. The highest BCUT2D eigenvalue weighted by Gasteiger charge is 2.05. The molecule has 0 bridgehead atoms. The zero-order chi connectivity index (χ0) is 17.7. The van der Waals surface area contributed by atoms with Crippen molar-refractivity contribution in [1.29, 1.82) is 0 Å². The molecule has 0 fully saturated rings. The van der Waals surface area contributed by atoms with E-state index >= 15 is 0 Å². The number of amides is 1. The van der Waals surface area contributed by atoms with Crippen molar-refractivity contribution in [3.05, 3.63) is 47.5 Å². The smallest absolute Gasteiger partial charge is 0.239 e. The number of halogens is 1. The van der Waals surface area contributed by atoms with Gasteiger partial charge in [0.25, 0.3) is 0 Å². The number of nitrogens with one attached hydrogen (secondary N) is 3. The van der Waals surface area contributed by atoms with E-state index in [2.05, 4.69) is 39.2 Å². The van der Waals surface area contributed by atoms with Gasteiger partial charge in [0.15, 0.2) is 5.96 Å². The van der Waals surface area contributed by atoms with Crippen LogP contribution < -0.4 is 16.0 Å². The lowest BCUT2D eigenvalue weighted by molar-refractivity contribution is -0.119. The Morgan fingerprint density at radius 2 is 1.81 bits per heavy atom. The van der Waals surface area contributed by atoms with Gasteiger partial charge in [0.05, 0.1) is 6.54 Å². The summed E-state index contributed by atoms with van der Waals surface area (Å²) in [7, 11) is 1.72. The summed E-state index contributed by atoms with van der Waals surface area (Å²) in [5, 5.41) is 9.26. The predicted molar refractivity (Wildman–Crippen MR) is 119 cm³/mol. The molecule has 0 saturated heterocycles. The zero-order valence-electron chi connectivity index (χ0n) is 15.6. The van der Waals surface area contributed by atoms with Crippen LogP contribution in [0.3, 0.4) is 0 Å². The van der Waals surface area contributed by atoms with Crippen LogP contribution >= 0.6 is 24.0 Å². The molecule has 2 rings (SSSR count). The SMILES string of the molecule is CN=C(NCCC1=CCCCC1)NCC(=O)NCCc1ccccc1.I. The number of aliphatic imine (C=N–C) groups is 1. The van der Waals surface area contributed by atoms with Gasteiger partial charge >= 0.3 is 0 Å². The van der Waals surface area contributed by atoms with Crippen LogP contribution in [0.15, 0.2) is 47.0 Å². The maximum atomic E-state index is 11.9. The predicted octanol–water partition coefficient (Wildman–Crippen LogP) is 3.02. The van der Waals surface area contributed by atoms with Gasteiger partial charge in [0, 0.05) is 20.1 Å². The van der Waals surface area contributed by atoms with Gasteiger partial charge in [-0.2, -0.15) is 0 Å². The zero-order valence-corrected chi connectivity index (χ0v) is 17.9. The summed E-state index contributed by atoms with van der Waals surface area (Å²) in [6, 6.07) is 10.2. The first kappa shape index (κ1) is 22.5. The second-order valence-corrected chi connectivity index (χ2v) is 6.30. The van der Waals surface area contributed by atoms with Gasteiger partial charge in [0.2, 0.25) is 5.91 Å². The highest BCUT2D eigenvalue weighted by atomic mass is 127. The van der Waals surface area contributed by atoms with Crippen molar-refractivity contribution < 1.29 is 4.79 Å². The van der Waals surface area contributed by atoms with Crippen molar-refractivity contribution in [1.82, 2.24) is 16.0 Å². The molecule has 0 radical (unpaired) electrons. The fourth-order valence-corrected chi connectivity index (χ4v) is 2.91. The maximum Gasteiger partial charge on any atom is 0.239 e. The van der Waals surface area contributed by atoms with Gasteiger partial charge in [0.1, 0.15) is 0 Å². The van der Waals surface area contributed by atoms with Gasteiger partial charge in [-0.1, -0.05) is 42.0 Å². The van der Waals surface area contributed by atoms with Crippen LogP contribution in [0.25, 0.3) is 0 Å². The standard InChI is InChI=1S/C20H30N4O.HI/c1-21-20(23-15-13-18-10-6-3-7-11-18)24-16-19(25)22-14-12-17-8-4-2-5-9-17;/h2,4-5,8-10H,3,6-7,11-16H2,1H3,(H,22,25)(H2,21,23,24);1H. The number of carbonyl (C=O) groups is 1. The van der Waals surface area contributed by atoms with Gasteiger partial charge in [-0.25, -0.2) is 0 Å². The van der Waals surface area contributed by atoms with E-state index in [9.17, 15) is 4.79 Å². The summed E-state index contributed by atoms with van der Waals surface area (Å²) in [5.74, 6) is 0.656. The second kappa shape index (κ2) is 13.6. The third-order valence-electron chi connectivity index (χ3n) is 4.34. The Hall–Kier alpha value is -1.57. The molecule has 0 atom stereocenters. The van der Waals surface area contributed by atoms with Crippen LogP contribution in [0.4, 0.5) is 0 Å². The molecule has 3 N–H and O–H groups in total. The molecular weight excluding hydrogens is 439 g/mol. The fourth-order valence-electron chi connectivity index (χ4n) is 2.91. The first-order chi connectivity index (χ1) is 12.3. The third kappa shape index (κ3) is 9.22. The van der Waals surface area contributed by atoms with Gasteiger partial charge in [-0.05, 0) is 44.1 Å². The highest BCUT2D eigenvalue weighted by molar-refractivity contribution is 14.0. The Morgan fingerprint density at radius 1 is 1.04 bits per heavy atom. The minimum Gasteiger partial charge on any atom is -0.356 e. The van der Waals surface area contributed by atoms with Crippen LogP contribution in [0.5, 0.6) is 0 Å². The molecule has 0 spiro atoms. The Morgan fingerprint density at radius 3 is 2.50 bits per heavy atom. The maximum absolute atomic E-state index is 11.9. The second-order valence-electron chi connectivity index (χ2n) is 6.30. The van der Waals surface area contributed by atoms with Crippen molar-refractivity contribution >= 4 is 35.8 Å². The number of carbonyl (C=O) groups excluding carboxylic acids is 1. The first-order valence-electron chi connectivity index (χ1n) is 9.21. The minimum atomic E-state index is -0.0196. The molecule has 5 nitrogen and oxygen atoms in total. The molecule has 0 unspecified atom stereocenters. The van der Waals surface area contributed by atoms with Crippen LogP contribution in [0.1, 0.15) is 37.7 Å². The average molecular weight is 470 g/mol. The number of nitrogens with zero attached hydrogens (tertiary/aromatic N) is 1. The van der Waals surface area contributed by atoms with Crippen LogP contribution in [0.2, 0.25) is 0 Å². The van der Waals surface area contributed by atoms with E-state index in [1.807, 2.05) is 18.2 Å². The molecule has 1 aromatic rings. The van der Waals surface area contributed by atoms with E-state index in [0.29, 0.717) is 12.5 Å². The molecule has 1 aromatic carbocycles. The highest BCUT2D eigenvalue weighted by Crippen LogP contribution is 2.19. The molecule has 6 heteroatoms. The number of allylic oxidation sites excluding steroid dienone is 1. The molecule has 1 amide bonds. The molecule has 0 aliphatic heterocycles. The molecule has 0 saturated carbocycles. The quantitative estimate of drug-likeness (QED) is 0.237. The van der Waals surface area contributed by atoms with E-state index < -0.39 is 0 Å². The van der Waals surface area contributed by atoms with E-state index in [0.717, 1.165) is 19.4 Å². The fraction of sp³-hybridized carbons (Fsp3) is 0.500. The van der Waals surface area contributed by atoms with Crippen molar-refractivity contribution in [2.24, 2.45) is 4.99 Å².